The summed E-state index contributed by atoms with van der Waals surface area (Å²) in [5.74, 6) is -0.423. The normalized spacial score (nSPS) is 14.6. The van der Waals surface area contributed by atoms with Crippen LogP contribution in [0.25, 0.3) is 0 Å². The van der Waals surface area contributed by atoms with E-state index >= 15 is 0 Å². The molecule has 0 fully saturated rings. The minimum atomic E-state index is -3.68. The van der Waals surface area contributed by atoms with Crippen LogP contribution in [0.3, 0.4) is 0 Å². The summed E-state index contributed by atoms with van der Waals surface area (Å²) >= 11 is 0. The van der Waals surface area contributed by atoms with E-state index in [2.05, 4.69) is 10.0 Å². The average Bonchev–Trinajstić information content (AvgIpc) is 2.74. The summed E-state index contributed by atoms with van der Waals surface area (Å²) in [6, 6.07) is 10.3. The van der Waals surface area contributed by atoms with Crippen LogP contribution in [-0.4, -0.2) is 14.3 Å². The highest BCUT2D eigenvalue weighted by atomic mass is 32.2. The predicted molar refractivity (Wildman–Crippen MR) is 88.4 cm³/mol. The Labute approximate surface area is 139 Å². The van der Waals surface area contributed by atoms with E-state index < -0.39 is 10.0 Å². The minimum Gasteiger partial charge on any atom is -0.326 e. The summed E-state index contributed by atoms with van der Waals surface area (Å²) < 4.78 is 40.3. The second kappa shape index (κ2) is 6.70. The first-order valence-electron chi connectivity index (χ1n) is 7.61. The van der Waals surface area contributed by atoms with Crippen LogP contribution in [0, 0.1) is 5.82 Å². The Morgan fingerprint density at radius 3 is 2.58 bits per heavy atom. The van der Waals surface area contributed by atoms with Crippen LogP contribution in [0.1, 0.15) is 24.0 Å². The summed E-state index contributed by atoms with van der Waals surface area (Å²) in [7, 11) is -3.68. The van der Waals surface area contributed by atoms with Gasteiger partial charge in [0.05, 0.1) is 4.90 Å². The van der Waals surface area contributed by atoms with Crippen LogP contribution in [0.5, 0.6) is 0 Å². The number of nitrogens with one attached hydrogen (secondary N) is 2. The molecule has 0 unspecified atom stereocenters. The van der Waals surface area contributed by atoms with Crippen molar-refractivity contribution in [3.05, 3.63) is 59.4 Å². The molecule has 0 radical (unpaired) electrons. The van der Waals surface area contributed by atoms with Crippen LogP contribution in [0.15, 0.2) is 47.4 Å². The standard InChI is InChI=1S/C17H17FN2O3S/c18-14-6-4-12(5-7-14)11-19-24(22,23)15-8-9-16-13(10-15)2-1-3-17(21)20-16/h4-10,19H,1-3,11H2,(H,20,21). The van der Waals surface area contributed by atoms with Gasteiger partial charge in [-0.2, -0.15) is 0 Å². The zero-order valence-electron chi connectivity index (χ0n) is 12.9. The van der Waals surface area contributed by atoms with Gasteiger partial charge in [-0.25, -0.2) is 17.5 Å². The Bertz CT molecular complexity index is 864. The van der Waals surface area contributed by atoms with Gasteiger partial charge in [-0.05, 0) is 54.3 Å². The fourth-order valence-corrected chi connectivity index (χ4v) is 3.65. The van der Waals surface area contributed by atoms with Crippen molar-refractivity contribution in [3.63, 3.8) is 0 Å². The van der Waals surface area contributed by atoms with Crippen molar-refractivity contribution in [1.82, 2.24) is 4.72 Å². The van der Waals surface area contributed by atoms with E-state index in [1.807, 2.05) is 0 Å². The number of rotatable bonds is 4. The molecule has 3 rings (SSSR count). The Morgan fingerprint density at radius 1 is 1.08 bits per heavy atom. The van der Waals surface area contributed by atoms with Crippen molar-refractivity contribution in [3.8, 4) is 0 Å². The van der Waals surface area contributed by atoms with Gasteiger partial charge in [0, 0.05) is 18.7 Å². The largest absolute Gasteiger partial charge is 0.326 e. The second-order valence-electron chi connectivity index (χ2n) is 5.67. The molecule has 0 saturated heterocycles. The number of hydrogen-bond acceptors (Lipinski definition) is 3. The summed E-state index contributed by atoms with van der Waals surface area (Å²) in [4.78, 5) is 11.7. The van der Waals surface area contributed by atoms with E-state index in [4.69, 9.17) is 0 Å². The van der Waals surface area contributed by atoms with E-state index in [9.17, 15) is 17.6 Å². The Balaban J connectivity index is 1.78. The van der Waals surface area contributed by atoms with Crippen LogP contribution >= 0.6 is 0 Å². The zero-order chi connectivity index (χ0) is 17.2. The molecule has 1 heterocycles. The number of aryl methyl sites for hydroxylation is 1. The molecule has 24 heavy (non-hydrogen) atoms. The van der Waals surface area contributed by atoms with E-state index in [1.165, 1.54) is 30.3 Å². The van der Waals surface area contributed by atoms with Crippen LogP contribution in [0.4, 0.5) is 10.1 Å². The second-order valence-corrected chi connectivity index (χ2v) is 7.44. The van der Waals surface area contributed by atoms with Gasteiger partial charge >= 0.3 is 0 Å². The first-order chi connectivity index (χ1) is 11.4. The molecule has 2 N–H and O–H groups in total. The van der Waals surface area contributed by atoms with Crippen LogP contribution in [-0.2, 0) is 27.8 Å². The maximum absolute atomic E-state index is 12.9. The number of sulfonamides is 1. The van der Waals surface area contributed by atoms with Crippen molar-refractivity contribution in [1.29, 1.82) is 0 Å². The fourth-order valence-electron chi connectivity index (χ4n) is 2.58. The summed E-state index contributed by atoms with van der Waals surface area (Å²) in [6.45, 7) is 0.0798. The van der Waals surface area contributed by atoms with Gasteiger partial charge in [-0.1, -0.05) is 12.1 Å². The average molecular weight is 348 g/mol. The SMILES string of the molecule is O=C1CCCc2cc(S(=O)(=O)NCc3ccc(F)cc3)ccc2N1. The van der Waals surface area contributed by atoms with E-state index in [-0.39, 0.29) is 23.2 Å². The van der Waals surface area contributed by atoms with Gasteiger partial charge in [0.15, 0.2) is 0 Å². The monoisotopic (exact) mass is 348 g/mol. The lowest BCUT2D eigenvalue weighted by Gasteiger charge is -2.11. The molecule has 2 aromatic rings. The zero-order valence-corrected chi connectivity index (χ0v) is 13.7. The lowest BCUT2D eigenvalue weighted by Crippen LogP contribution is -2.23. The smallest absolute Gasteiger partial charge is 0.240 e. The van der Waals surface area contributed by atoms with Crippen molar-refractivity contribution in [2.45, 2.75) is 30.7 Å². The van der Waals surface area contributed by atoms with Gasteiger partial charge < -0.3 is 5.32 Å². The van der Waals surface area contributed by atoms with Gasteiger partial charge in [-0.3, -0.25) is 4.79 Å². The van der Waals surface area contributed by atoms with Crippen molar-refractivity contribution in [2.24, 2.45) is 0 Å². The predicted octanol–water partition coefficient (Wildman–Crippen LogP) is 2.58. The summed E-state index contributed by atoms with van der Waals surface area (Å²) in [6.07, 6.45) is 1.76. The number of benzene rings is 2. The van der Waals surface area contributed by atoms with E-state index in [1.54, 1.807) is 12.1 Å². The molecule has 1 amide bonds. The topological polar surface area (TPSA) is 75.3 Å². The number of carbonyl (C=O) groups is 1. The molecule has 0 saturated carbocycles. The highest BCUT2D eigenvalue weighted by Gasteiger charge is 2.18. The number of amides is 1. The van der Waals surface area contributed by atoms with Gasteiger partial charge in [0.1, 0.15) is 5.82 Å². The Morgan fingerprint density at radius 2 is 1.83 bits per heavy atom. The van der Waals surface area contributed by atoms with Crippen molar-refractivity contribution < 1.29 is 17.6 Å². The first-order valence-corrected chi connectivity index (χ1v) is 9.09. The molecule has 1 aliphatic heterocycles. The third-order valence-electron chi connectivity index (χ3n) is 3.89. The minimum absolute atomic E-state index is 0.0567. The number of anilines is 1. The van der Waals surface area contributed by atoms with Crippen LogP contribution < -0.4 is 10.0 Å². The molecule has 1 aliphatic rings. The molecule has 126 valence electrons. The third kappa shape index (κ3) is 3.80. The third-order valence-corrected chi connectivity index (χ3v) is 5.29. The molecule has 0 aliphatic carbocycles. The summed E-state index contributed by atoms with van der Waals surface area (Å²) in [5, 5.41) is 2.77. The molecule has 0 spiro atoms. The molecule has 5 nitrogen and oxygen atoms in total. The quantitative estimate of drug-likeness (QED) is 0.892. The molecule has 0 atom stereocenters. The van der Waals surface area contributed by atoms with Gasteiger partial charge in [0.25, 0.3) is 0 Å². The number of hydrogen-bond donors (Lipinski definition) is 2. The molecule has 0 bridgehead atoms. The molecule has 2 aromatic carbocycles. The Kier molecular flexibility index (Phi) is 4.64. The lowest BCUT2D eigenvalue weighted by atomic mass is 10.1. The number of carbonyl (C=O) groups excluding carboxylic acids is 1. The van der Waals surface area contributed by atoms with E-state index in [0.29, 0.717) is 30.5 Å². The van der Waals surface area contributed by atoms with Gasteiger partial charge in [0.2, 0.25) is 15.9 Å². The molecular formula is C17H17FN2O3S. The number of fused-ring (bicyclic) bond motifs is 1. The van der Waals surface area contributed by atoms with Gasteiger partial charge in [-0.15, -0.1) is 0 Å². The van der Waals surface area contributed by atoms with Crippen molar-refractivity contribution in [2.75, 3.05) is 5.32 Å². The fraction of sp³-hybridized carbons (Fsp3) is 0.235. The first kappa shape index (κ1) is 16.6. The summed E-state index contributed by atoms with van der Waals surface area (Å²) in [5.41, 5.74) is 2.14. The number of halogens is 1. The Hall–Kier alpha value is -2.25. The maximum atomic E-state index is 12.9. The van der Waals surface area contributed by atoms with Crippen LogP contribution in [0.2, 0.25) is 0 Å². The molecular weight excluding hydrogens is 331 g/mol. The maximum Gasteiger partial charge on any atom is 0.240 e. The van der Waals surface area contributed by atoms with Crippen molar-refractivity contribution >= 4 is 21.6 Å². The molecule has 7 heteroatoms. The highest BCUT2D eigenvalue weighted by molar-refractivity contribution is 7.89. The van der Waals surface area contributed by atoms with E-state index in [0.717, 1.165) is 5.56 Å². The highest BCUT2D eigenvalue weighted by Crippen LogP contribution is 2.25. The lowest BCUT2D eigenvalue weighted by molar-refractivity contribution is -0.116. The molecule has 0 aromatic heterocycles.